The second kappa shape index (κ2) is 6.87. The number of carbonyl (C=O) groups excluding carboxylic acids is 2. The van der Waals surface area contributed by atoms with E-state index in [9.17, 15) is 22.8 Å². The van der Waals surface area contributed by atoms with Crippen molar-refractivity contribution in [2.24, 2.45) is 0 Å². The van der Waals surface area contributed by atoms with E-state index in [4.69, 9.17) is 4.74 Å². The van der Waals surface area contributed by atoms with Gasteiger partial charge in [-0.15, -0.1) is 0 Å². The third-order valence-electron chi connectivity index (χ3n) is 2.93. The summed E-state index contributed by atoms with van der Waals surface area (Å²) in [6.07, 6.45) is -2.76. The highest BCUT2D eigenvalue weighted by atomic mass is 19.4. The van der Waals surface area contributed by atoms with Gasteiger partial charge in [-0.05, 0) is 26.2 Å². The summed E-state index contributed by atoms with van der Waals surface area (Å²) in [5.41, 5.74) is -0.0672. The summed E-state index contributed by atoms with van der Waals surface area (Å²) in [6.45, 7) is 1.11. The Labute approximate surface area is 134 Å². The number of ether oxygens (including phenoxy) is 2. The van der Waals surface area contributed by atoms with Crippen molar-refractivity contribution in [2.45, 2.75) is 6.18 Å². The predicted molar refractivity (Wildman–Crippen MR) is 75.7 cm³/mol. The Balaban J connectivity index is 2.13. The number of hydrogen-bond acceptors (Lipinski definition) is 6. The number of nitrogens with zero attached hydrogens (tertiary/aromatic N) is 3. The first kappa shape index (κ1) is 17.7. The lowest BCUT2D eigenvalue weighted by atomic mass is 10.2. The fraction of sp³-hybridized carbons (Fsp3) is 0.357. The van der Waals surface area contributed by atoms with Crippen LogP contribution >= 0.6 is 0 Å². The van der Waals surface area contributed by atoms with Crippen molar-refractivity contribution in [3.63, 3.8) is 0 Å². The third kappa shape index (κ3) is 4.22. The van der Waals surface area contributed by atoms with Gasteiger partial charge in [0, 0.05) is 6.54 Å². The second-order valence-electron chi connectivity index (χ2n) is 5.08. The van der Waals surface area contributed by atoms with Crippen LogP contribution in [0.3, 0.4) is 0 Å². The SMILES string of the molecule is CN(C)CCOc1ccc2c(C(=O)OC(=O)C(F)(F)F)cnn2c1. The predicted octanol–water partition coefficient (Wildman–Crippen LogP) is 1.52. The maximum absolute atomic E-state index is 12.1. The van der Waals surface area contributed by atoms with Gasteiger partial charge in [0.15, 0.2) is 0 Å². The molecular weight excluding hydrogens is 331 g/mol. The van der Waals surface area contributed by atoms with Gasteiger partial charge in [0.25, 0.3) is 0 Å². The molecule has 0 aliphatic carbocycles. The molecule has 0 saturated heterocycles. The maximum atomic E-state index is 12.1. The van der Waals surface area contributed by atoms with Crippen LogP contribution in [-0.4, -0.2) is 59.9 Å². The molecule has 0 saturated carbocycles. The Morgan fingerprint density at radius 2 is 2.00 bits per heavy atom. The number of likely N-dealkylation sites (N-methyl/N-ethyl adjacent to an activating group) is 1. The molecule has 0 N–H and O–H groups in total. The van der Waals surface area contributed by atoms with Crippen molar-refractivity contribution in [1.29, 1.82) is 0 Å². The van der Waals surface area contributed by atoms with Gasteiger partial charge in [-0.3, -0.25) is 0 Å². The van der Waals surface area contributed by atoms with Crippen LogP contribution in [0.25, 0.3) is 5.52 Å². The lowest BCUT2D eigenvalue weighted by Crippen LogP contribution is -2.28. The van der Waals surface area contributed by atoms with E-state index in [0.717, 1.165) is 6.20 Å². The molecule has 0 radical (unpaired) electrons. The van der Waals surface area contributed by atoms with Gasteiger partial charge in [-0.1, -0.05) is 0 Å². The molecule has 0 atom stereocenters. The number of aromatic nitrogens is 2. The minimum atomic E-state index is -5.24. The van der Waals surface area contributed by atoms with Crippen molar-refractivity contribution in [3.8, 4) is 5.75 Å². The molecule has 0 bridgehead atoms. The van der Waals surface area contributed by atoms with Gasteiger partial charge in [0.1, 0.15) is 17.9 Å². The summed E-state index contributed by atoms with van der Waals surface area (Å²) < 4.78 is 46.9. The molecule has 130 valence electrons. The van der Waals surface area contributed by atoms with E-state index >= 15 is 0 Å². The first-order valence-electron chi connectivity index (χ1n) is 6.76. The summed E-state index contributed by atoms with van der Waals surface area (Å²) in [5.74, 6) is -3.53. The van der Waals surface area contributed by atoms with Crippen molar-refractivity contribution in [1.82, 2.24) is 14.5 Å². The average molecular weight is 345 g/mol. The topological polar surface area (TPSA) is 73.1 Å². The van der Waals surface area contributed by atoms with Crippen molar-refractivity contribution < 1.29 is 32.2 Å². The minimum Gasteiger partial charge on any atom is -0.491 e. The zero-order valence-corrected chi connectivity index (χ0v) is 12.8. The van der Waals surface area contributed by atoms with E-state index in [-0.39, 0.29) is 11.1 Å². The highest BCUT2D eigenvalue weighted by molar-refractivity contribution is 6.02. The molecular formula is C14H14F3N3O4. The van der Waals surface area contributed by atoms with Gasteiger partial charge in [-0.25, -0.2) is 14.1 Å². The molecule has 0 unspecified atom stereocenters. The van der Waals surface area contributed by atoms with Gasteiger partial charge < -0.3 is 14.4 Å². The molecule has 0 amide bonds. The van der Waals surface area contributed by atoms with Crippen molar-refractivity contribution in [3.05, 3.63) is 30.1 Å². The Hall–Kier alpha value is -2.62. The monoisotopic (exact) mass is 345 g/mol. The van der Waals surface area contributed by atoms with E-state index < -0.39 is 18.1 Å². The summed E-state index contributed by atoms with van der Waals surface area (Å²) in [4.78, 5) is 24.3. The van der Waals surface area contributed by atoms with Crippen molar-refractivity contribution >= 4 is 17.5 Å². The third-order valence-corrected chi connectivity index (χ3v) is 2.93. The Morgan fingerprint density at radius 3 is 2.62 bits per heavy atom. The zero-order chi connectivity index (χ0) is 17.9. The molecule has 2 heterocycles. The molecule has 0 aliphatic rings. The molecule has 24 heavy (non-hydrogen) atoms. The van der Waals surface area contributed by atoms with Crippen molar-refractivity contribution in [2.75, 3.05) is 27.2 Å². The van der Waals surface area contributed by atoms with Crippen LogP contribution in [0.15, 0.2) is 24.5 Å². The molecule has 0 aromatic carbocycles. The van der Waals surface area contributed by atoms with Crippen LogP contribution in [-0.2, 0) is 9.53 Å². The first-order valence-corrected chi connectivity index (χ1v) is 6.76. The van der Waals surface area contributed by atoms with Crippen LogP contribution in [0.4, 0.5) is 13.2 Å². The minimum absolute atomic E-state index is 0.190. The summed E-state index contributed by atoms with van der Waals surface area (Å²) >= 11 is 0. The van der Waals surface area contributed by atoms with E-state index in [2.05, 4.69) is 9.84 Å². The number of hydrogen-bond donors (Lipinski definition) is 0. The highest BCUT2D eigenvalue weighted by Crippen LogP contribution is 2.20. The number of rotatable bonds is 5. The molecule has 7 nitrogen and oxygen atoms in total. The van der Waals surface area contributed by atoms with Gasteiger partial charge >= 0.3 is 18.1 Å². The molecule has 2 aromatic rings. The van der Waals surface area contributed by atoms with E-state index in [1.165, 1.54) is 22.8 Å². The van der Waals surface area contributed by atoms with E-state index in [1.807, 2.05) is 19.0 Å². The van der Waals surface area contributed by atoms with Crippen LogP contribution in [0, 0.1) is 0 Å². The normalized spacial score (nSPS) is 11.8. The number of esters is 2. The standard InChI is InChI=1S/C14H14F3N3O4/c1-19(2)5-6-23-9-3-4-11-10(7-18-20(11)8-9)12(21)24-13(22)14(15,16)17/h3-4,7-8H,5-6H2,1-2H3. The lowest BCUT2D eigenvalue weighted by Gasteiger charge is -2.11. The van der Waals surface area contributed by atoms with Gasteiger partial charge in [0.2, 0.25) is 0 Å². The quantitative estimate of drug-likeness (QED) is 0.604. The summed E-state index contributed by atoms with van der Waals surface area (Å²) in [6, 6.07) is 2.97. The Morgan fingerprint density at radius 1 is 1.29 bits per heavy atom. The number of fused-ring (bicyclic) bond motifs is 1. The lowest BCUT2D eigenvalue weighted by molar-refractivity contribution is -0.193. The first-order chi connectivity index (χ1) is 11.2. The number of halogens is 3. The molecule has 2 rings (SSSR count). The average Bonchev–Trinajstić information content (AvgIpc) is 2.89. The second-order valence-corrected chi connectivity index (χ2v) is 5.08. The smallest absolute Gasteiger partial charge is 0.491 e. The van der Waals surface area contributed by atoms with Crippen LogP contribution in [0.1, 0.15) is 10.4 Å². The van der Waals surface area contributed by atoms with E-state index in [1.54, 1.807) is 0 Å². The fourth-order valence-electron chi connectivity index (χ4n) is 1.75. The van der Waals surface area contributed by atoms with Gasteiger partial charge in [-0.2, -0.15) is 18.3 Å². The largest absolute Gasteiger partial charge is 0.491 e. The molecule has 2 aromatic heterocycles. The Kier molecular flexibility index (Phi) is 5.07. The fourth-order valence-corrected chi connectivity index (χ4v) is 1.75. The molecule has 0 fully saturated rings. The van der Waals surface area contributed by atoms with Crippen LogP contribution in [0.2, 0.25) is 0 Å². The number of carbonyl (C=O) groups is 2. The molecule has 0 aliphatic heterocycles. The maximum Gasteiger partial charge on any atom is 0.491 e. The zero-order valence-electron chi connectivity index (χ0n) is 12.8. The number of pyridine rings is 1. The van der Waals surface area contributed by atoms with E-state index in [0.29, 0.717) is 18.9 Å². The molecule has 10 heteroatoms. The van der Waals surface area contributed by atoms with Gasteiger partial charge in [0.05, 0.1) is 17.9 Å². The summed E-state index contributed by atoms with van der Waals surface area (Å²) in [7, 11) is 3.78. The van der Waals surface area contributed by atoms with Crippen LogP contribution in [0.5, 0.6) is 5.75 Å². The van der Waals surface area contributed by atoms with Crippen LogP contribution < -0.4 is 4.74 Å². The molecule has 0 spiro atoms. The number of alkyl halides is 3. The summed E-state index contributed by atoms with van der Waals surface area (Å²) in [5, 5.41) is 3.85. The highest BCUT2D eigenvalue weighted by Gasteiger charge is 2.42. The Bertz CT molecular complexity index is 755.